The quantitative estimate of drug-likeness (QED) is 0.844. The molecule has 2 aliphatic rings. The van der Waals surface area contributed by atoms with Gasteiger partial charge in [0.25, 0.3) is 0 Å². The number of hydrogen-bond acceptors (Lipinski definition) is 3. The number of fused-ring (bicyclic) bond motifs is 1. The second-order valence-electron chi connectivity index (χ2n) is 5.75. The first kappa shape index (κ1) is 12.5. The van der Waals surface area contributed by atoms with Crippen LogP contribution >= 0.6 is 11.8 Å². The van der Waals surface area contributed by atoms with Crippen LogP contribution in [0.4, 0.5) is 0 Å². The lowest BCUT2D eigenvalue weighted by atomic mass is 9.92. The molecule has 3 atom stereocenters. The van der Waals surface area contributed by atoms with E-state index >= 15 is 0 Å². The molecule has 1 fully saturated rings. The van der Waals surface area contributed by atoms with Gasteiger partial charge in [0, 0.05) is 30.1 Å². The molecule has 3 heteroatoms. The summed E-state index contributed by atoms with van der Waals surface area (Å²) in [6.07, 6.45) is 2.45. The summed E-state index contributed by atoms with van der Waals surface area (Å²) in [5.41, 5.74) is 7.72. The second-order valence-corrected chi connectivity index (χ2v) is 6.88. The van der Waals surface area contributed by atoms with E-state index in [-0.39, 0.29) is 0 Å². The van der Waals surface area contributed by atoms with Crippen LogP contribution < -0.4 is 5.73 Å². The average molecular weight is 262 g/mol. The van der Waals surface area contributed by atoms with Crippen LogP contribution in [0.5, 0.6) is 0 Å². The van der Waals surface area contributed by atoms with E-state index in [1.165, 1.54) is 35.6 Å². The summed E-state index contributed by atoms with van der Waals surface area (Å²) in [5, 5.41) is 0. The van der Waals surface area contributed by atoms with Crippen LogP contribution in [0.25, 0.3) is 0 Å². The fourth-order valence-electron chi connectivity index (χ4n) is 3.40. The molecule has 0 radical (unpaired) electrons. The van der Waals surface area contributed by atoms with E-state index in [2.05, 4.69) is 36.1 Å². The third-order valence-corrected chi connectivity index (χ3v) is 5.21. The third kappa shape index (κ3) is 2.44. The minimum Gasteiger partial charge on any atom is -0.327 e. The Morgan fingerprint density at radius 1 is 1.28 bits per heavy atom. The SMILES string of the molecule is CC1CC(N)CN(C2CCSc3ccccc32)C1. The molecule has 0 aliphatic carbocycles. The Kier molecular flexibility index (Phi) is 3.64. The van der Waals surface area contributed by atoms with Crippen LogP contribution in [0.2, 0.25) is 0 Å². The molecule has 3 unspecified atom stereocenters. The van der Waals surface area contributed by atoms with Gasteiger partial charge in [0.2, 0.25) is 0 Å². The number of nitrogens with zero attached hydrogens (tertiary/aromatic N) is 1. The van der Waals surface area contributed by atoms with Crippen molar-refractivity contribution in [3.8, 4) is 0 Å². The Morgan fingerprint density at radius 3 is 2.94 bits per heavy atom. The first-order valence-corrected chi connectivity index (χ1v) is 7.94. The molecule has 1 saturated heterocycles. The number of hydrogen-bond donors (Lipinski definition) is 1. The molecule has 0 amide bonds. The molecular formula is C15H22N2S. The largest absolute Gasteiger partial charge is 0.327 e. The van der Waals surface area contributed by atoms with Crippen molar-refractivity contribution in [2.24, 2.45) is 11.7 Å². The summed E-state index contributed by atoms with van der Waals surface area (Å²) in [6.45, 7) is 4.60. The first-order valence-electron chi connectivity index (χ1n) is 6.95. The highest BCUT2D eigenvalue weighted by atomic mass is 32.2. The lowest BCUT2D eigenvalue weighted by molar-refractivity contribution is 0.111. The Bertz CT molecular complexity index is 411. The maximum Gasteiger partial charge on any atom is 0.0367 e. The van der Waals surface area contributed by atoms with Crippen molar-refractivity contribution in [3.05, 3.63) is 29.8 Å². The fourth-order valence-corrected chi connectivity index (χ4v) is 4.51. The van der Waals surface area contributed by atoms with Gasteiger partial charge in [0.05, 0.1) is 0 Å². The van der Waals surface area contributed by atoms with Gasteiger partial charge in [-0.05, 0) is 36.1 Å². The summed E-state index contributed by atoms with van der Waals surface area (Å²) in [5.74, 6) is 1.97. The van der Waals surface area contributed by atoms with Crippen molar-refractivity contribution in [2.75, 3.05) is 18.8 Å². The van der Waals surface area contributed by atoms with Gasteiger partial charge in [0.15, 0.2) is 0 Å². The predicted molar refractivity (Wildman–Crippen MR) is 77.9 cm³/mol. The summed E-state index contributed by atoms with van der Waals surface area (Å²) < 4.78 is 0. The van der Waals surface area contributed by atoms with Gasteiger partial charge in [-0.2, -0.15) is 0 Å². The summed E-state index contributed by atoms with van der Waals surface area (Å²) in [6, 6.07) is 9.84. The topological polar surface area (TPSA) is 29.3 Å². The van der Waals surface area contributed by atoms with Crippen LogP contribution in [-0.4, -0.2) is 29.8 Å². The van der Waals surface area contributed by atoms with Gasteiger partial charge < -0.3 is 5.73 Å². The molecule has 2 aliphatic heterocycles. The van der Waals surface area contributed by atoms with Crippen LogP contribution in [0.1, 0.15) is 31.4 Å². The number of likely N-dealkylation sites (tertiary alicyclic amines) is 1. The molecule has 0 saturated carbocycles. The summed E-state index contributed by atoms with van der Waals surface area (Å²) in [7, 11) is 0. The predicted octanol–water partition coefficient (Wildman–Crippen LogP) is 2.89. The number of benzene rings is 1. The third-order valence-electron chi connectivity index (χ3n) is 4.09. The average Bonchev–Trinajstić information content (AvgIpc) is 2.37. The monoisotopic (exact) mass is 262 g/mol. The molecule has 1 aromatic rings. The second kappa shape index (κ2) is 5.24. The van der Waals surface area contributed by atoms with E-state index < -0.39 is 0 Å². The highest BCUT2D eigenvalue weighted by molar-refractivity contribution is 7.99. The first-order chi connectivity index (χ1) is 8.74. The van der Waals surface area contributed by atoms with Gasteiger partial charge in [-0.3, -0.25) is 4.90 Å². The van der Waals surface area contributed by atoms with Crippen molar-refractivity contribution < 1.29 is 0 Å². The zero-order valence-electron chi connectivity index (χ0n) is 11.0. The van der Waals surface area contributed by atoms with E-state index in [0.717, 1.165) is 12.5 Å². The highest BCUT2D eigenvalue weighted by Crippen LogP contribution is 2.40. The van der Waals surface area contributed by atoms with Crippen LogP contribution in [0, 0.1) is 5.92 Å². The van der Waals surface area contributed by atoms with Gasteiger partial charge in [-0.1, -0.05) is 25.1 Å². The zero-order chi connectivity index (χ0) is 12.5. The Morgan fingerprint density at radius 2 is 2.11 bits per heavy atom. The van der Waals surface area contributed by atoms with Gasteiger partial charge in [-0.25, -0.2) is 0 Å². The molecular weight excluding hydrogens is 240 g/mol. The maximum atomic E-state index is 6.20. The van der Waals surface area contributed by atoms with E-state index in [1.807, 2.05) is 11.8 Å². The van der Waals surface area contributed by atoms with Crippen molar-refractivity contribution in [1.29, 1.82) is 0 Å². The smallest absolute Gasteiger partial charge is 0.0367 e. The normalized spacial score (nSPS) is 33.1. The maximum absolute atomic E-state index is 6.20. The molecule has 0 bridgehead atoms. The summed E-state index contributed by atoms with van der Waals surface area (Å²) >= 11 is 2.00. The van der Waals surface area contributed by atoms with Crippen molar-refractivity contribution in [2.45, 2.75) is 36.7 Å². The molecule has 0 spiro atoms. The molecule has 98 valence electrons. The number of thioether (sulfide) groups is 1. The highest BCUT2D eigenvalue weighted by Gasteiger charge is 2.31. The van der Waals surface area contributed by atoms with E-state index in [1.54, 1.807) is 0 Å². The standard InChI is InChI=1S/C15H22N2S/c1-11-8-12(16)10-17(9-11)14-6-7-18-15-5-3-2-4-13(14)15/h2-5,11-12,14H,6-10,16H2,1H3. The minimum atomic E-state index is 0.357. The number of piperidine rings is 1. The number of rotatable bonds is 1. The lowest BCUT2D eigenvalue weighted by Gasteiger charge is -2.42. The minimum absolute atomic E-state index is 0.357. The Hall–Kier alpha value is -0.510. The van der Waals surface area contributed by atoms with Crippen LogP contribution in [0.3, 0.4) is 0 Å². The van der Waals surface area contributed by atoms with Crippen molar-refractivity contribution in [1.82, 2.24) is 4.90 Å². The summed E-state index contributed by atoms with van der Waals surface area (Å²) in [4.78, 5) is 4.10. The van der Waals surface area contributed by atoms with Crippen LogP contribution in [0.15, 0.2) is 29.2 Å². The van der Waals surface area contributed by atoms with E-state index in [9.17, 15) is 0 Å². The van der Waals surface area contributed by atoms with Crippen LogP contribution in [-0.2, 0) is 0 Å². The van der Waals surface area contributed by atoms with E-state index in [4.69, 9.17) is 5.73 Å². The van der Waals surface area contributed by atoms with Crippen molar-refractivity contribution >= 4 is 11.8 Å². The molecule has 18 heavy (non-hydrogen) atoms. The lowest BCUT2D eigenvalue weighted by Crippen LogP contribution is -2.48. The van der Waals surface area contributed by atoms with E-state index in [0.29, 0.717) is 12.1 Å². The van der Waals surface area contributed by atoms with Crippen molar-refractivity contribution in [3.63, 3.8) is 0 Å². The molecule has 3 rings (SSSR count). The van der Waals surface area contributed by atoms with Gasteiger partial charge >= 0.3 is 0 Å². The molecule has 0 aromatic heterocycles. The zero-order valence-corrected chi connectivity index (χ0v) is 11.8. The number of nitrogens with two attached hydrogens (primary N) is 1. The van der Waals surface area contributed by atoms with Gasteiger partial charge in [-0.15, -0.1) is 11.8 Å². The molecule has 2 nitrogen and oxygen atoms in total. The van der Waals surface area contributed by atoms with Gasteiger partial charge in [0.1, 0.15) is 0 Å². The Labute approximate surface area is 114 Å². The molecule has 2 N–H and O–H groups in total. The molecule has 1 aromatic carbocycles. The molecule has 2 heterocycles. The Balaban J connectivity index is 1.85. The fraction of sp³-hybridized carbons (Fsp3) is 0.600.